The van der Waals surface area contributed by atoms with Crippen LogP contribution in [0.3, 0.4) is 0 Å². The number of halogens is 1. The van der Waals surface area contributed by atoms with E-state index in [4.69, 9.17) is 9.52 Å². The van der Waals surface area contributed by atoms with Gasteiger partial charge in [0.15, 0.2) is 0 Å². The molecule has 0 atom stereocenters. The summed E-state index contributed by atoms with van der Waals surface area (Å²) in [5.41, 5.74) is 1.08. The smallest absolute Gasteiger partial charge is 0.336 e. The predicted molar refractivity (Wildman–Crippen MR) is 78.6 cm³/mol. The minimum absolute atomic E-state index is 0.0620. The van der Waals surface area contributed by atoms with Gasteiger partial charge in [0.2, 0.25) is 10.0 Å². The van der Waals surface area contributed by atoms with E-state index in [9.17, 15) is 13.2 Å². The van der Waals surface area contributed by atoms with Gasteiger partial charge in [0.25, 0.3) is 0 Å². The van der Waals surface area contributed by atoms with Crippen molar-refractivity contribution in [2.45, 2.75) is 18.4 Å². The number of carboxylic acids is 1. The molecule has 0 fully saturated rings. The van der Waals surface area contributed by atoms with Crippen LogP contribution in [0.5, 0.6) is 0 Å². The van der Waals surface area contributed by atoms with Crippen molar-refractivity contribution in [3.63, 3.8) is 0 Å². The first-order chi connectivity index (χ1) is 9.81. The molecule has 0 bridgehead atoms. The fraction of sp³-hybridized carbons (Fsp3) is 0.154. The number of benzene rings is 1. The summed E-state index contributed by atoms with van der Waals surface area (Å²) in [7, 11) is -3.82. The van der Waals surface area contributed by atoms with Crippen LogP contribution in [0.2, 0.25) is 0 Å². The van der Waals surface area contributed by atoms with Gasteiger partial charge in [-0.05, 0) is 30.7 Å². The molecule has 0 aliphatic heterocycles. The zero-order valence-corrected chi connectivity index (χ0v) is 13.4. The van der Waals surface area contributed by atoms with E-state index in [0.717, 1.165) is 6.07 Å². The fourth-order valence-electron chi connectivity index (χ4n) is 1.69. The van der Waals surface area contributed by atoms with Gasteiger partial charge in [-0.2, -0.15) is 0 Å². The number of hydrogen-bond donors (Lipinski definition) is 2. The molecule has 8 heteroatoms. The number of rotatable bonds is 5. The van der Waals surface area contributed by atoms with E-state index in [-0.39, 0.29) is 17.0 Å². The Morgan fingerprint density at radius 1 is 1.43 bits per heavy atom. The summed E-state index contributed by atoms with van der Waals surface area (Å²) in [4.78, 5) is 11.0. The molecule has 1 heterocycles. The zero-order chi connectivity index (χ0) is 15.6. The lowest BCUT2D eigenvalue weighted by Gasteiger charge is -2.10. The van der Waals surface area contributed by atoms with Crippen LogP contribution >= 0.6 is 15.9 Å². The fourth-order valence-corrected chi connectivity index (χ4v) is 3.37. The maximum Gasteiger partial charge on any atom is 0.336 e. The largest absolute Gasteiger partial charge is 0.478 e. The highest BCUT2D eigenvalue weighted by molar-refractivity contribution is 9.10. The highest BCUT2D eigenvalue weighted by Crippen LogP contribution is 2.25. The molecule has 0 saturated carbocycles. The molecule has 1 aromatic heterocycles. The van der Waals surface area contributed by atoms with Gasteiger partial charge >= 0.3 is 5.97 Å². The number of sulfonamides is 1. The lowest BCUT2D eigenvalue weighted by molar-refractivity contribution is 0.0695. The van der Waals surface area contributed by atoms with Crippen molar-refractivity contribution in [1.82, 2.24) is 4.72 Å². The summed E-state index contributed by atoms with van der Waals surface area (Å²) in [5.74, 6) is -1.18. The number of nitrogens with one attached hydrogen (secondary N) is 1. The van der Waals surface area contributed by atoms with Crippen LogP contribution in [0.25, 0.3) is 0 Å². The SMILES string of the molecule is Cc1c(Br)cc(S(=O)(=O)NCc2ccoc2)cc1C(=O)O. The van der Waals surface area contributed by atoms with Crippen LogP contribution in [0.4, 0.5) is 0 Å². The molecule has 21 heavy (non-hydrogen) atoms. The van der Waals surface area contributed by atoms with Crippen LogP contribution in [0, 0.1) is 6.92 Å². The third-order valence-electron chi connectivity index (χ3n) is 2.90. The first-order valence-electron chi connectivity index (χ1n) is 5.85. The summed E-state index contributed by atoms with van der Waals surface area (Å²) in [6, 6.07) is 4.15. The van der Waals surface area contributed by atoms with Gasteiger partial charge < -0.3 is 9.52 Å². The second kappa shape index (κ2) is 6.00. The van der Waals surface area contributed by atoms with Crippen molar-refractivity contribution in [2.24, 2.45) is 0 Å². The average molecular weight is 374 g/mol. The van der Waals surface area contributed by atoms with Crippen molar-refractivity contribution in [2.75, 3.05) is 0 Å². The number of aromatic carboxylic acids is 1. The van der Waals surface area contributed by atoms with E-state index >= 15 is 0 Å². The van der Waals surface area contributed by atoms with E-state index in [1.807, 2.05) is 0 Å². The second-order valence-corrected chi connectivity index (χ2v) is 6.96. The average Bonchev–Trinajstić information content (AvgIpc) is 2.92. The minimum atomic E-state index is -3.82. The van der Waals surface area contributed by atoms with Crippen molar-refractivity contribution in [1.29, 1.82) is 0 Å². The molecule has 2 rings (SSSR count). The molecule has 0 unspecified atom stereocenters. The molecule has 0 aliphatic carbocycles. The number of carbonyl (C=O) groups is 1. The first-order valence-corrected chi connectivity index (χ1v) is 8.13. The molecule has 2 aromatic rings. The standard InChI is InChI=1S/C13H12BrNO5S/c1-8-11(13(16)17)4-10(5-12(8)14)21(18,19)15-6-9-2-3-20-7-9/h2-5,7,15H,6H2,1H3,(H,16,17). The van der Waals surface area contributed by atoms with Gasteiger partial charge in [-0.15, -0.1) is 0 Å². The van der Waals surface area contributed by atoms with Crippen molar-refractivity contribution < 1.29 is 22.7 Å². The Kier molecular flexibility index (Phi) is 4.50. The zero-order valence-electron chi connectivity index (χ0n) is 11.0. The van der Waals surface area contributed by atoms with E-state index in [1.165, 1.54) is 18.6 Å². The molecule has 0 saturated heterocycles. The quantitative estimate of drug-likeness (QED) is 0.839. The lowest BCUT2D eigenvalue weighted by Crippen LogP contribution is -2.23. The topological polar surface area (TPSA) is 96.6 Å². The summed E-state index contributed by atoms with van der Waals surface area (Å²) in [6.07, 6.45) is 2.87. The molecule has 0 aliphatic rings. The predicted octanol–water partition coefficient (Wildman–Crippen LogP) is 2.53. The van der Waals surface area contributed by atoms with Crippen LogP contribution in [-0.2, 0) is 16.6 Å². The molecule has 2 N–H and O–H groups in total. The third kappa shape index (κ3) is 3.52. The van der Waals surface area contributed by atoms with Gasteiger partial charge in [0.05, 0.1) is 23.0 Å². The van der Waals surface area contributed by atoms with Gasteiger partial charge in [0.1, 0.15) is 0 Å². The maximum atomic E-state index is 12.2. The Morgan fingerprint density at radius 2 is 2.14 bits per heavy atom. The molecule has 0 amide bonds. The summed E-state index contributed by atoms with van der Waals surface area (Å²) in [5, 5.41) is 9.11. The highest BCUT2D eigenvalue weighted by atomic mass is 79.9. The van der Waals surface area contributed by atoms with Gasteiger partial charge in [0, 0.05) is 16.6 Å². The Bertz CT molecular complexity index is 768. The van der Waals surface area contributed by atoms with E-state index < -0.39 is 16.0 Å². The molecule has 0 spiro atoms. The van der Waals surface area contributed by atoms with E-state index in [0.29, 0.717) is 15.6 Å². The lowest BCUT2D eigenvalue weighted by atomic mass is 10.1. The number of carboxylic acid groups (broad SMARTS) is 1. The molecule has 0 radical (unpaired) electrons. The maximum absolute atomic E-state index is 12.2. The Balaban J connectivity index is 2.33. The highest BCUT2D eigenvalue weighted by Gasteiger charge is 2.19. The van der Waals surface area contributed by atoms with Crippen LogP contribution in [-0.4, -0.2) is 19.5 Å². The number of hydrogen-bond acceptors (Lipinski definition) is 4. The van der Waals surface area contributed by atoms with Crippen LogP contribution in [0.15, 0.2) is 44.5 Å². The monoisotopic (exact) mass is 373 g/mol. The molecular weight excluding hydrogens is 362 g/mol. The molecule has 6 nitrogen and oxygen atoms in total. The van der Waals surface area contributed by atoms with Gasteiger partial charge in [-0.3, -0.25) is 0 Å². The Labute approximate surface area is 130 Å². The first kappa shape index (κ1) is 15.7. The summed E-state index contributed by atoms with van der Waals surface area (Å²) in [6.45, 7) is 1.66. The molecule has 112 valence electrons. The minimum Gasteiger partial charge on any atom is -0.478 e. The van der Waals surface area contributed by atoms with Crippen molar-refractivity contribution >= 4 is 31.9 Å². The normalized spacial score (nSPS) is 11.5. The number of furan rings is 1. The Hall–Kier alpha value is -1.64. The van der Waals surface area contributed by atoms with Gasteiger partial charge in [-0.1, -0.05) is 15.9 Å². The van der Waals surface area contributed by atoms with Crippen LogP contribution in [0.1, 0.15) is 21.5 Å². The molecular formula is C13H12BrNO5S. The Morgan fingerprint density at radius 3 is 2.71 bits per heavy atom. The van der Waals surface area contributed by atoms with E-state index in [1.54, 1.807) is 13.0 Å². The summed E-state index contributed by atoms with van der Waals surface area (Å²) >= 11 is 3.18. The second-order valence-electron chi connectivity index (χ2n) is 4.34. The third-order valence-corrected chi connectivity index (χ3v) is 5.11. The van der Waals surface area contributed by atoms with Crippen molar-refractivity contribution in [3.8, 4) is 0 Å². The summed E-state index contributed by atoms with van der Waals surface area (Å²) < 4.78 is 32.1. The van der Waals surface area contributed by atoms with E-state index in [2.05, 4.69) is 20.7 Å². The molecule has 1 aromatic carbocycles. The van der Waals surface area contributed by atoms with Gasteiger partial charge in [-0.25, -0.2) is 17.9 Å². The van der Waals surface area contributed by atoms with Crippen LogP contribution < -0.4 is 4.72 Å². The van der Waals surface area contributed by atoms with Crippen molar-refractivity contribution in [3.05, 3.63) is 51.9 Å².